The highest BCUT2D eigenvalue weighted by Gasteiger charge is 2.16. The minimum atomic E-state index is -4.25. The van der Waals surface area contributed by atoms with Gasteiger partial charge in [-0.15, -0.1) is 0 Å². The highest BCUT2D eigenvalue weighted by atomic mass is 31.0. The summed E-state index contributed by atoms with van der Waals surface area (Å²) in [7, 11) is 0. The zero-order valence-electron chi connectivity index (χ0n) is 3.05. The van der Waals surface area contributed by atoms with Crippen LogP contribution in [-0.2, 0) is 0 Å². The third-order valence-electron chi connectivity index (χ3n) is 0. The number of alkyl halides is 3. The highest BCUT2D eigenvalue weighted by Crippen LogP contribution is 2.09. The van der Waals surface area contributed by atoms with Gasteiger partial charge in [0.2, 0.25) is 0 Å². The van der Waals surface area contributed by atoms with E-state index < -0.39 is 6.18 Å². The quantitative estimate of drug-likeness (QED) is 0.421. The van der Waals surface area contributed by atoms with Gasteiger partial charge in [-0.25, -0.2) is 0 Å². The predicted molar refractivity (Wildman–Crippen MR) is 22.5 cm³/mol. The van der Waals surface area contributed by atoms with Gasteiger partial charge in [-0.05, 0) is 0 Å². The average molecular weight is 117 g/mol. The Morgan fingerprint density at radius 3 is 1.17 bits per heavy atom. The van der Waals surface area contributed by atoms with E-state index in [0.717, 1.165) is 0 Å². The summed E-state index contributed by atoms with van der Waals surface area (Å²) >= 11 is 0. The molecule has 1 radical (unpaired) electrons. The molecule has 0 nitrogen and oxygen atoms in total. The van der Waals surface area contributed by atoms with Gasteiger partial charge < -0.3 is 0 Å². The predicted octanol–water partition coefficient (Wildman–Crippen LogP) is 1.44. The van der Waals surface area contributed by atoms with Crippen molar-refractivity contribution in [1.82, 2.24) is 0 Å². The average Bonchev–Trinajstić information content (AvgIpc) is 0.722. The lowest BCUT2D eigenvalue weighted by molar-refractivity contribution is -0.0829. The lowest BCUT2D eigenvalue weighted by atomic mass is 10.8. The summed E-state index contributed by atoms with van der Waals surface area (Å²) < 4.78 is 30.7. The Hall–Kier alpha value is 0.220. The zero-order valence-corrected chi connectivity index (χ0v) is 4.46. The van der Waals surface area contributed by atoms with Gasteiger partial charge in [0.25, 0.3) is 0 Å². The lowest BCUT2D eigenvalue weighted by Crippen LogP contribution is -1.96. The molecule has 39 valence electrons. The molecule has 0 aromatic carbocycles. The standard InChI is InChI=1S/C2H2F3.H3P/c1-2(3,4)5;/h1H2;1H3. The van der Waals surface area contributed by atoms with Gasteiger partial charge in [0.15, 0.2) is 0 Å². The highest BCUT2D eigenvalue weighted by molar-refractivity contribution is 6.92. The summed E-state index contributed by atoms with van der Waals surface area (Å²) in [6.45, 7) is 1.77. The van der Waals surface area contributed by atoms with Crippen molar-refractivity contribution < 1.29 is 13.2 Å². The fourth-order valence-electron chi connectivity index (χ4n) is 0. The van der Waals surface area contributed by atoms with Gasteiger partial charge in [-0.2, -0.15) is 23.1 Å². The van der Waals surface area contributed by atoms with Crippen LogP contribution < -0.4 is 0 Å². The summed E-state index contributed by atoms with van der Waals surface area (Å²) in [6, 6.07) is 0. The minimum absolute atomic E-state index is 0. The van der Waals surface area contributed by atoms with Crippen molar-refractivity contribution in [2.24, 2.45) is 0 Å². The van der Waals surface area contributed by atoms with E-state index in [-0.39, 0.29) is 9.90 Å². The lowest BCUT2D eigenvalue weighted by Gasteiger charge is -1.88. The molecule has 6 heavy (non-hydrogen) atoms. The van der Waals surface area contributed by atoms with Crippen LogP contribution in [0.4, 0.5) is 13.2 Å². The summed E-state index contributed by atoms with van der Waals surface area (Å²) in [5.74, 6) is 0. The van der Waals surface area contributed by atoms with Crippen molar-refractivity contribution >= 4 is 9.90 Å². The van der Waals surface area contributed by atoms with Crippen molar-refractivity contribution in [3.05, 3.63) is 6.92 Å². The van der Waals surface area contributed by atoms with Gasteiger partial charge in [0, 0.05) is 0 Å². The maximum Gasteiger partial charge on any atom is 0.389 e. The van der Waals surface area contributed by atoms with E-state index in [1.54, 1.807) is 6.92 Å². The van der Waals surface area contributed by atoms with E-state index in [1.807, 2.05) is 0 Å². The van der Waals surface area contributed by atoms with Gasteiger partial charge >= 0.3 is 6.18 Å². The van der Waals surface area contributed by atoms with Crippen LogP contribution in [0, 0.1) is 6.92 Å². The summed E-state index contributed by atoms with van der Waals surface area (Å²) in [5.41, 5.74) is 0. The van der Waals surface area contributed by atoms with Gasteiger partial charge in [0.1, 0.15) is 0 Å². The molecular weight excluding hydrogens is 112 g/mol. The molecule has 0 saturated heterocycles. The third kappa shape index (κ3) is 904. The fraction of sp³-hybridized carbons (Fsp3) is 0.500. The Labute approximate surface area is 37.4 Å². The monoisotopic (exact) mass is 117 g/mol. The number of rotatable bonds is 0. The molecule has 0 aromatic rings. The molecule has 0 aliphatic carbocycles. The first-order valence-electron chi connectivity index (χ1n) is 0.921. The second-order valence-corrected chi connectivity index (χ2v) is 0.615. The fourth-order valence-corrected chi connectivity index (χ4v) is 0. The number of halogens is 3. The molecule has 1 unspecified atom stereocenters. The van der Waals surface area contributed by atoms with Crippen LogP contribution in [0.2, 0.25) is 0 Å². The summed E-state index contributed by atoms with van der Waals surface area (Å²) in [4.78, 5) is 0. The van der Waals surface area contributed by atoms with E-state index in [4.69, 9.17) is 0 Å². The van der Waals surface area contributed by atoms with Gasteiger partial charge in [0.05, 0.1) is 6.92 Å². The van der Waals surface area contributed by atoms with Gasteiger partial charge in [-0.3, -0.25) is 0 Å². The molecule has 0 fully saturated rings. The molecule has 4 heteroatoms. The Kier molecular flexibility index (Phi) is 3.81. The van der Waals surface area contributed by atoms with Crippen LogP contribution in [0.15, 0.2) is 0 Å². The van der Waals surface area contributed by atoms with Crippen molar-refractivity contribution in [2.45, 2.75) is 6.18 Å². The van der Waals surface area contributed by atoms with Crippen molar-refractivity contribution in [3.63, 3.8) is 0 Å². The van der Waals surface area contributed by atoms with E-state index >= 15 is 0 Å². The van der Waals surface area contributed by atoms with E-state index in [1.165, 1.54) is 0 Å². The SMILES string of the molecule is P.[CH2]C(F)(F)F. The maximum atomic E-state index is 10.2. The van der Waals surface area contributed by atoms with Crippen molar-refractivity contribution in [2.75, 3.05) is 0 Å². The molecule has 0 aliphatic heterocycles. The molecule has 0 amide bonds. The van der Waals surface area contributed by atoms with Crippen LogP contribution in [0.25, 0.3) is 0 Å². The topological polar surface area (TPSA) is 0 Å². The van der Waals surface area contributed by atoms with Gasteiger partial charge in [-0.1, -0.05) is 0 Å². The molecular formula is C2H5F3P. The second-order valence-electron chi connectivity index (χ2n) is 0.615. The number of hydrogen-bond donors (Lipinski definition) is 0. The third-order valence-corrected chi connectivity index (χ3v) is 0. The molecule has 1 atom stereocenters. The Morgan fingerprint density at radius 2 is 1.17 bits per heavy atom. The summed E-state index contributed by atoms with van der Waals surface area (Å²) in [6.07, 6.45) is -4.25. The minimum Gasteiger partial charge on any atom is -0.171 e. The largest absolute Gasteiger partial charge is 0.389 e. The maximum absolute atomic E-state index is 10.2. The summed E-state index contributed by atoms with van der Waals surface area (Å²) in [5, 5.41) is 0. The van der Waals surface area contributed by atoms with Crippen molar-refractivity contribution in [1.29, 1.82) is 0 Å². The van der Waals surface area contributed by atoms with Crippen LogP contribution in [-0.4, -0.2) is 6.18 Å². The smallest absolute Gasteiger partial charge is 0.171 e. The first-order valence-corrected chi connectivity index (χ1v) is 0.921. The molecule has 0 saturated carbocycles. The normalized spacial score (nSPS) is 10.0. The van der Waals surface area contributed by atoms with Crippen LogP contribution in [0.3, 0.4) is 0 Å². The molecule has 0 aliphatic rings. The van der Waals surface area contributed by atoms with Crippen molar-refractivity contribution in [3.8, 4) is 0 Å². The molecule has 0 N–H and O–H groups in total. The second kappa shape index (κ2) is 2.40. The van der Waals surface area contributed by atoms with Crippen LogP contribution >= 0.6 is 9.90 Å². The molecule has 0 heterocycles. The molecule has 0 bridgehead atoms. The Bertz CT molecular complexity index is 24.3. The zero-order chi connectivity index (χ0) is 4.50. The van der Waals surface area contributed by atoms with E-state index in [2.05, 4.69) is 0 Å². The Morgan fingerprint density at radius 1 is 1.17 bits per heavy atom. The Balaban J connectivity index is 0. The van der Waals surface area contributed by atoms with E-state index in [0.29, 0.717) is 0 Å². The first-order chi connectivity index (χ1) is 2.00. The van der Waals surface area contributed by atoms with Crippen LogP contribution in [0.1, 0.15) is 0 Å². The molecule has 0 spiro atoms. The molecule has 0 rings (SSSR count). The molecule has 0 aromatic heterocycles. The van der Waals surface area contributed by atoms with E-state index in [9.17, 15) is 13.2 Å². The number of hydrogen-bond acceptors (Lipinski definition) is 0. The van der Waals surface area contributed by atoms with Crippen LogP contribution in [0.5, 0.6) is 0 Å². The first kappa shape index (κ1) is 9.52.